The van der Waals surface area contributed by atoms with Gasteiger partial charge in [0.1, 0.15) is 0 Å². The summed E-state index contributed by atoms with van der Waals surface area (Å²) in [6, 6.07) is 0. The molecule has 4 atom stereocenters. The summed E-state index contributed by atoms with van der Waals surface area (Å²) in [6.45, 7) is 0.448. The SMILES string of the molecule is O=C(O)CCCOC1C[C@H]2CC[C@H](C=CCO)[C@]2(O)C1. The average Bonchev–Trinajstić information content (AvgIpc) is 2.86. The predicted molar refractivity (Wildman–Crippen MR) is 73.2 cm³/mol. The highest BCUT2D eigenvalue weighted by molar-refractivity contribution is 5.66. The second-order valence-electron chi connectivity index (χ2n) is 5.91. The van der Waals surface area contributed by atoms with Crippen LogP contribution in [0.3, 0.4) is 0 Å². The molecule has 20 heavy (non-hydrogen) atoms. The Morgan fingerprint density at radius 3 is 2.90 bits per heavy atom. The van der Waals surface area contributed by atoms with Gasteiger partial charge >= 0.3 is 5.97 Å². The van der Waals surface area contributed by atoms with E-state index in [9.17, 15) is 9.90 Å². The van der Waals surface area contributed by atoms with Crippen LogP contribution < -0.4 is 0 Å². The van der Waals surface area contributed by atoms with Gasteiger partial charge in [0.15, 0.2) is 0 Å². The van der Waals surface area contributed by atoms with Crippen molar-refractivity contribution in [2.24, 2.45) is 11.8 Å². The lowest BCUT2D eigenvalue weighted by Gasteiger charge is -2.28. The fourth-order valence-electron chi connectivity index (χ4n) is 3.68. The third-order valence-corrected chi connectivity index (χ3v) is 4.64. The molecule has 2 rings (SSSR count). The minimum Gasteiger partial charge on any atom is -0.481 e. The first kappa shape index (κ1) is 15.5. The first-order chi connectivity index (χ1) is 9.56. The highest BCUT2D eigenvalue weighted by atomic mass is 16.5. The van der Waals surface area contributed by atoms with Gasteiger partial charge < -0.3 is 20.1 Å². The summed E-state index contributed by atoms with van der Waals surface area (Å²) in [6.07, 6.45) is 7.72. The van der Waals surface area contributed by atoms with Crippen LogP contribution in [0.5, 0.6) is 0 Å². The van der Waals surface area contributed by atoms with Gasteiger partial charge in [-0.3, -0.25) is 4.79 Å². The van der Waals surface area contributed by atoms with Crippen molar-refractivity contribution in [3.05, 3.63) is 12.2 Å². The van der Waals surface area contributed by atoms with E-state index in [0.29, 0.717) is 19.4 Å². The maximum atomic E-state index is 10.8. The molecule has 2 aliphatic carbocycles. The van der Waals surface area contributed by atoms with Gasteiger partial charge in [0.2, 0.25) is 0 Å². The zero-order valence-corrected chi connectivity index (χ0v) is 11.7. The van der Waals surface area contributed by atoms with E-state index in [2.05, 4.69) is 0 Å². The summed E-state index contributed by atoms with van der Waals surface area (Å²) in [5, 5.41) is 28.2. The second kappa shape index (κ2) is 6.70. The Morgan fingerprint density at radius 2 is 2.20 bits per heavy atom. The normalized spacial score (nSPS) is 36.6. The Hall–Kier alpha value is -0.910. The maximum absolute atomic E-state index is 10.8. The predicted octanol–water partition coefficient (Wildman–Crippen LogP) is 1.34. The Kier molecular flexibility index (Phi) is 5.18. The molecule has 0 radical (unpaired) electrons. The van der Waals surface area contributed by atoms with Crippen LogP contribution in [0.15, 0.2) is 12.2 Å². The zero-order chi connectivity index (χ0) is 14.6. The van der Waals surface area contributed by atoms with Crippen LogP contribution in [-0.2, 0) is 9.53 Å². The number of aliphatic hydroxyl groups excluding tert-OH is 1. The minimum atomic E-state index is -0.801. The van der Waals surface area contributed by atoms with Crippen molar-refractivity contribution in [1.29, 1.82) is 0 Å². The maximum Gasteiger partial charge on any atom is 0.303 e. The van der Waals surface area contributed by atoms with E-state index in [1.54, 1.807) is 6.08 Å². The molecule has 2 saturated carbocycles. The number of fused-ring (bicyclic) bond motifs is 1. The first-order valence-corrected chi connectivity index (χ1v) is 7.39. The Labute approximate surface area is 119 Å². The van der Waals surface area contributed by atoms with Crippen molar-refractivity contribution < 1.29 is 24.9 Å². The van der Waals surface area contributed by atoms with E-state index in [4.69, 9.17) is 14.9 Å². The van der Waals surface area contributed by atoms with Crippen molar-refractivity contribution >= 4 is 5.97 Å². The molecule has 5 nitrogen and oxygen atoms in total. The molecule has 0 saturated heterocycles. The number of aliphatic hydroxyl groups is 2. The molecule has 1 unspecified atom stereocenters. The van der Waals surface area contributed by atoms with Crippen molar-refractivity contribution in [2.75, 3.05) is 13.2 Å². The largest absolute Gasteiger partial charge is 0.481 e. The quantitative estimate of drug-likeness (QED) is 0.485. The monoisotopic (exact) mass is 284 g/mol. The Morgan fingerprint density at radius 1 is 1.40 bits per heavy atom. The number of carboxylic acid groups (broad SMARTS) is 1. The second-order valence-corrected chi connectivity index (χ2v) is 5.91. The van der Waals surface area contributed by atoms with Gasteiger partial charge in [0.25, 0.3) is 0 Å². The highest BCUT2D eigenvalue weighted by Crippen LogP contribution is 2.52. The number of carbonyl (C=O) groups is 1. The smallest absolute Gasteiger partial charge is 0.303 e. The summed E-state index contributed by atoms with van der Waals surface area (Å²) < 4.78 is 5.71. The zero-order valence-electron chi connectivity index (χ0n) is 11.7. The molecule has 114 valence electrons. The molecule has 0 aromatic heterocycles. The van der Waals surface area contributed by atoms with E-state index >= 15 is 0 Å². The van der Waals surface area contributed by atoms with E-state index in [0.717, 1.165) is 19.3 Å². The molecule has 0 heterocycles. The van der Waals surface area contributed by atoms with E-state index in [1.165, 1.54) is 0 Å². The van der Waals surface area contributed by atoms with Gasteiger partial charge in [-0.15, -0.1) is 0 Å². The molecule has 2 fully saturated rings. The molecule has 0 spiro atoms. The summed E-state index contributed by atoms with van der Waals surface area (Å²) in [5.74, 6) is -0.433. The summed E-state index contributed by atoms with van der Waals surface area (Å²) in [5.41, 5.74) is -0.705. The lowest BCUT2D eigenvalue weighted by Crippen LogP contribution is -2.35. The number of hydrogen-bond acceptors (Lipinski definition) is 4. The van der Waals surface area contributed by atoms with Gasteiger partial charge in [0, 0.05) is 25.4 Å². The van der Waals surface area contributed by atoms with Crippen LogP contribution in [0.4, 0.5) is 0 Å². The Balaban J connectivity index is 1.81. The Bertz CT molecular complexity index is 367. The highest BCUT2D eigenvalue weighted by Gasteiger charge is 2.54. The van der Waals surface area contributed by atoms with Crippen molar-refractivity contribution in [3.63, 3.8) is 0 Å². The molecule has 5 heteroatoms. The topological polar surface area (TPSA) is 87.0 Å². The van der Waals surface area contributed by atoms with Crippen LogP contribution in [0, 0.1) is 11.8 Å². The van der Waals surface area contributed by atoms with Crippen LogP contribution in [0.2, 0.25) is 0 Å². The van der Waals surface area contributed by atoms with E-state index in [1.807, 2.05) is 6.08 Å². The van der Waals surface area contributed by atoms with Crippen LogP contribution in [0.1, 0.15) is 38.5 Å². The number of rotatable bonds is 7. The van der Waals surface area contributed by atoms with Crippen molar-refractivity contribution in [2.45, 2.75) is 50.2 Å². The van der Waals surface area contributed by atoms with E-state index in [-0.39, 0.29) is 31.0 Å². The molecular formula is C15H24O5. The third kappa shape index (κ3) is 3.40. The minimum absolute atomic E-state index is 0.00631. The van der Waals surface area contributed by atoms with Crippen LogP contribution >= 0.6 is 0 Å². The van der Waals surface area contributed by atoms with Gasteiger partial charge in [-0.25, -0.2) is 0 Å². The average molecular weight is 284 g/mol. The molecule has 0 aromatic carbocycles. The summed E-state index contributed by atoms with van der Waals surface area (Å²) >= 11 is 0. The molecule has 0 bridgehead atoms. The molecule has 0 aromatic rings. The lowest BCUT2D eigenvalue weighted by atomic mass is 9.86. The van der Waals surface area contributed by atoms with Crippen molar-refractivity contribution in [3.8, 4) is 0 Å². The molecule has 0 amide bonds. The van der Waals surface area contributed by atoms with Gasteiger partial charge in [-0.2, -0.15) is 0 Å². The molecule has 0 aliphatic heterocycles. The van der Waals surface area contributed by atoms with Crippen LogP contribution in [0.25, 0.3) is 0 Å². The fraction of sp³-hybridized carbons (Fsp3) is 0.800. The van der Waals surface area contributed by atoms with Gasteiger partial charge in [-0.05, 0) is 31.6 Å². The summed E-state index contributed by atoms with van der Waals surface area (Å²) in [4.78, 5) is 10.4. The number of ether oxygens (including phenoxy) is 1. The van der Waals surface area contributed by atoms with Crippen molar-refractivity contribution in [1.82, 2.24) is 0 Å². The number of carboxylic acids is 1. The molecule has 2 aliphatic rings. The number of hydrogen-bond donors (Lipinski definition) is 3. The summed E-state index contributed by atoms with van der Waals surface area (Å²) in [7, 11) is 0. The number of aliphatic carboxylic acids is 1. The third-order valence-electron chi connectivity index (χ3n) is 4.64. The molecule has 3 N–H and O–H groups in total. The first-order valence-electron chi connectivity index (χ1n) is 7.39. The van der Waals surface area contributed by atoms with Gasteiger partial charge in [-0.1, -0.05) is 12.2 Å². The van der Waals surface area contributed by atoms with Gasteiger partial charge in [0.05, 0.1) is 18.3 Å². The van der Waals surface area contributed by atoms with E-state index < -0.39 is 11.6 Å². The van der Waals surface area contributed by atoms with Crippen LogP contribution in [-0.4, -0.2) is 46.2 Å². The lowest BCUT2D eigenvalue weighted by molar-refractivity contribution is -0.137. The fourth-order valence-corrected chi connectivity index (χ4v) is 3.68. The molecular weight excluding hydrogens is 260 g/mol. The standard InChI is InChI=1S/C15H24O5/c16-7-1-3-11-5-6-12-9-13(10-15(11,12)19)20-8-2-4-14(17)18/h1,3,11-13,16,19H,2,4-10H2,(H,17,18)/t11-,12+,13?,15+/m0/s1.